The fraction of sp³-hybridized carbons (Fsp3) is 0.158. The van der Waals surface area contributed by atoms with Crippen LogP contribution in [0.1, 0.15) is 27.4 Å². The first-order chi connectivity index (χ1) is 12.1. The molecule has 128 valence electrons. The molecule has 1 aromatic heterocycles. The van der Waals surface area contributed by atoms with Gasteiger partial charge in [0.15, 0.2) is 0 Å². The van der Waals surface area contributed by atoms with Crippen molar-refractivity contribution in [2.75, 3.05) is 0 Å². The number of carbonyl (C=O) groups excluding carboxylic acids is 1. The van der Waals surface area contributed by atoms with Gasteiger partial charge in [0.25, 0.3) is 0 Å². The molecule has 25 heavy (non-hydrogen) atoms. The van der Waals surface area contributed by atoms with E-state index in [0.29, 0.717) is 17.0 Å². The van der Waals surface area contributed by atoms with Crippen LogP contribution in [0.25, 0.3) is 0 Å². The zero-order valence-electron chi connectivity index (χ0n) is 13.6. The second kappa shape index (κ2) is 8.23. The molecule has 0 saturated heterocycles. The standard InChI is InChI=1S/C19H16ClNO3S/c1-13-10-17(21-24-13)11-23-19(22)15-4-2-14(3-5-15)12-25-18-8-6-16(20)7-9-18/h2-10H,11-12H2,1H3. The van der Waals surface area contributed by atoms with Gasteiger partial charge >= 0.3 is 5.97 Å². The lowest BCUT2D eigenvalue weighted by molar-refractivity contribution is 0.0464. The summed E-state index contributed by atoms with van der Waals surface area (Å²) < 4.78 is 10.2. The van der Waals surface area contributed by atoms with Crippen molar-refractivity contribution in [3.8, 4) is 0 Å². The van der Waals surface area contributed by atoms with Gasteiger partial charge in [0, 0.05) is 21.7 Å². The minimum atomic E-state index is -0.377. The molecule has 0 aliphatic carbocycles. The van der Waals surface area contributed by atoms with E-state index >= 15 is 0 Å². The third-order valence-corrected chi connectivity index (χ3v) is 4.77. The van der Waals surface area contributed by atoms with Crippen molar-refractivity contribution in [1.82, 2.24) is 5.16 Å². The molecule has 0 bridgehead atoms. The number of hydrogen-bond donors (Lipinski definition) is 0. The summed E-state index contributed by atoms with van der Waals surface area (Å²) in [7, 11) is 0. The summed E-state index contributed by atoms with van der Waals surface area (Å²) in [6, 6.07) is 16.9. The molecule has 0 fully saturated rings. The number of aryl methyl sites for hydroxylation is 1. The molecule has 2 aromatic carbocycles. The van der Waals surface area contributed by atoms with Crippen molar-refractivity contribution in [2.45, 2.75) is 24.2 Å². The quantitative estimate of drug-likeness (QED) is 0.434. The van der Waals surface area contributed by atoms with E-state index in [1.54, 1.807) is 36.9 Å². The lowest BCUT2D eigenvalue weighted by Crippen LogP contribution is -2.05. The minimum Gasteiger partial charge on any atom is -0.455 e. The highest BCUT2D eigenvalue weighted by Crippen LogP contribution is 2.24. The van der Waals surface area contributed by atoms with Gasteiger partial charge in [-0.25, -0.2) is 4.79 Å². The molecule has 4 nitrogen and oxygen atoms in total. The summed E-state index contributed by atoms with van der Waals surface area (Å²) in [6.07, 6.45) is 0. The van der Waals surface area contributed by atoms with Gasteiger partial charge in [0.1, 0.15) is 18.1 Å². The number of esters is 1. The van der Waals surface area contributed by atoms with Crippen LogP contribution >= 0.6 is 23.4 Å². The molecule has 0 amide bonds. The van der Waals surface area contributed by atoms with E-state index in [0.717, 1.165) is 21.2 Å². The normalized spacial score (nSPS) is 10.6. The molecule has 3 aromatic rings. The molecule has 0 N–H and O–H groups in total. The van der Waals surface area contributed by atoms with Crippen LogP contribution in [-0.4, -0.2) is 11.1 Å². The van der Waals surface area contributed by atoms with Crippen molar-refractivity contribution in [2.24, 2.45) is 0 Å². The van der Waals surface area contributed by atoms with Crippen molar-refractivity contribution in [1.29, 1.82) is 0 Å². The molecule has 0 radical (unpaired) electrons. The smallest absolute Gasteiger partial charge is 0.338 e. The maximum Gasteiger partial charge on any atom is 0.338 e. The molecule has 0 saturated carbocycles. The Kier molecular flexibility index (Phi) is 5.79. The number of nitrogens with zero attached hydrogens (tertiary/aromatic N) is 1. The van der Waals surface area contributed by atoms with Crippen LogP contribution in [0.15, 0.2) is 64.0 Å². The number of hydrogen-bond acceptors (Lipinski definition) is 5. The Morgan fingerprint density at radius 3 is 2.52 bits per heavy atom. The highest BCUT2D eigenvalue weighted by Gasteiger charge is 2.09. The summed E-state index contributed by atoms with van der Waals surface area (Å²) >= 11 is 7.59. The number of thioether (sulfide) groups is 1. The number of halogens is 1. The Bertz CT molecular complexity index is 844. The zero-order chi connectivity index (χ0) is 17.6. The van der Waals surface area contributed by atoms with Gasteiger partial charge < -0.3 is 9.26 Å². The van der Waals surface area contributed by atoms with Gasteiger partial charge in [-0.3, -0.25) is 0 Å². The molecule has 0 atom stereocenters. The summed E-state index contributed by atoms with van der Waals surface area (Å²) in [5.41, 5.74) is 2.24. The van der Waals surface area contributed by atoms with Crippen LogP contribution in [0.2, 0.25) is 5.02 Å². The number of carbonyl (C=O) groups is 1. The van der Waals surface area contributed by atoms with Crippen LogP contribution < -0.4 is 0 Å². The van der Waals surface area contributed by atoms with E-state index in [9.17, 15) is 4.79 Å². The third-order valence-electron chi connectivity index (χ3n) is 3.44. The number of rotatable bonds is 6. The van der Waals surface area contributed by atoms with E-state index in [1.807, 2.05) is 36.4 Å². The van der Waals surface area contributed by atoms with E-state index in [-0.39, 0.29) is 12.6 Å². The Labute approximate surface area is 155 Å². The van der Waals surface area contributed by atoms with Crippen LogP contribution in [0.5, 0.6) is 0 Å². The first-order valence-electron chi connectivity index (χ1n) is 7.67. The molecule has 0 aliphatic rings. The lowest BCUT2D eigenvalue weighted by atomic mass is 10.1. The van der Waals surface area contributed by atoms with Gasteiger partial charge in [-0.1, -0.05) is 28.9 Å². The monoisotopic (exact) mass is 373 g/mol. The number of aromatic nitrogens is 1. The van der Waals surface area contributed by atoms with Crippen LogP contribution in [0.3, 0.4) is 0 Å². The predicted octanol–water partition coefficient (Wildman–Crippen LogP) is 5.29. The molecule has 6 heteroatoms. The molecule has 0 spiro atoms. The van der Waals surface area contributed by atoms with E-state index in [4.69, 9.17) is 20.9 Å². The summed E-state index contributed by atoms with van der Waals surface area (Å²) in [5, 5.41) is 4.52. The second-order valence-corrected chi connectivity index (χ2v) is 6.93. The molecular formula is C19H16ClNO3S. The first kappa shape index (κ1) is 17.6. The van der Waals surface area contributed by atoms with Crippen molar-refractivity contribution < 1.29 is 14.1 Å². The van der Waals surface area contributed by atoms with Crippen LogP contribution in [0, 0.1) is 6.92 Å². The third kappa shape index (κ3) is 5.11. The maximum atomic E-state index is 12.0. The van der Waals surface area contributed by atoms with E-state index in [1.165, 1.54) is 0 Å². The second-order valence-electron chi connectivity index (χ2n) is 5.44. The first-order valence-corrected chi connectivity index (χ1v) is 9.03. The number of ether oxygens (including phenoxy) is 1. The largest absolute Gasteiger partial charge is 0.455 e. The van der Waals surface area contributed by atoms with Crippen LogP contribution in [-0.2, 0) is 17.1 Å². The Morgan fingerprint density at radius 2 is 1.88 bits per heavy atom. The minimum absolute atomic E-state index is 0.102. The molecule has 1 heterocycles. The number of benzene rings is 2. The summed E-state index contributed by atoms with van der Waals surface area (Å²) in [6.45, 7) is 1.89. The highest BCUT2D eigenvalue weighted by atomic mass is 35.5. The van der Waals surface area contributed by atoms with Gasteiger partial charge in [-0.15, -0.1) is 11.8 Å². The Balaban J connectivity index is 1.52. The average Bonchev–Trinajstić information content (AvgIpc) is 3.05. The average molecular weight is 374 g/mol. The molecule has 3 rings (SSSR count). The predicted molar refractivity (Wildman–Crippen MR) is 97.8 cm³/mol. The summed E-state index contributed by atoms with van der Waals surface area (Å²) in [4.78, 5) is 13.2. The molecule has 0 unspecified atom stereocenters. The fourth-order valence-electron chi connectivity index (χ4n) is 2.14. The SMILES string of the molecule is Cc1cc(COC(=O)c2ccc(CSc3ccc(Cl)cc3)cc2)no1. The Morgan fingerprint density at radius 1 is 1.16 bits per heavy atom. The van der Waals surface area contributed by atoms with Gasteiger partial charge in [0.05, 0.1) is 5.56 Å². The van der Waals surface area contributed by atoms with Gasteiger partial charge in [-0.2, -0.15) is 0 Å². The Hall–Kier alpha value is -2.24. The van der Waals surface area contributed by atoms with Gasteiger partial charge in [0.2, 0.25) is 0 Å². The van der Waals surface area contributed by atoms with Crippen molar-refractivity contribution >= 4 is 29.3 Å². The zero-order valence-corrected chi connectivity index (χ0v) is 15.1. The lowest BCUT2D eigenvalue weighted by Gasteiger charge is -2.05. The van der Waals surface area contributed by atoms with Crippen molar-refractivity contribution in [3.05, 3.63) is 82.2 Å². The van der Waals surface area contributed by atoms with Crippen LogP contribution in [0.4, 0.5) is 0 Å². The maximum absolute atomic E-state index is 12.0. The topological polar surface area (TPSA) is 52.3 Å². The molecular weight excluding hydrogens is 358 g/mol. The fourth-order valence-corrected chi connectivity index (χ4v) is 3.12. The summed E-state index contributed by atoms with van der Waals surface area (Å²) in [5.74, 6) is 1.13. The van der Waals surface area contributed by atoms with E-state index in [2.05, 4.69) is 5.16 Å². The van der Waals surface area contributed by atoms with Crippen molar-refractivity contribution in [3.63, 3.8) is 0 Å². The highest BCUT2D eigenvalue weighted by molar-refractivity contribution is 7.98. The molecule has 0 aliphatic heterocycles. The van der Waals surface area contributed by atoms with E-state index < -0.39 is 0 Å². The van der Waals surface area contributed by atoms with Gasteiger partial charge in [-0.05, 0) is 48.9 Å².